The fraction of sp³-hybridized carbons (Fsp3) is 0.227. The van der Waals surface area contributed by atoms with Gasteiger partial charge in [0.1, 0.15) is 11.3 Å². The number of benzene rings is 2. The molecule has 0 amide bonds. The van der Waals surface area contributed by atoms with Crippen molar-refractivity contribution in [1.82, 2.24) is 24.9 Å². The summed E-state index contributed by atoms with van der Waals surface area (Å²) in [4.78, 5) is 8.39. The van der Waals surface area contributed by atoms with E-state index in [-0.39, 0.29) is 4.90 Å². The van der Waals surface area contributed by atoms with Crippen LogP contribution in [0, 0.1) is 0 Å². The second-order valence-corrected chi connectivity index (χ2v) is 10.9. The molecule has 0 saturated heterocycles. The van der Waals surface area contributed by atoms with Crippen LogP contribution in [0.4, 0.5) is 5.69 Å². The van der Waals surface area contributed by atoms with Gasteiger partial charge in [0, 0.05) is 41.2 Å². The Kier molecular flexibility index (Phi) is 5.85. The number of hydrogen-bond acceptors (Lipinski definition) is 7. The van der Waals surface area contributed by atoms with E-state index >= 15 is 0 Å². The van der Waals surface area contributed by atoms with Gasteiger partial charge in [-0.3, -0.25) is 0 Å². The molecule has 8 nitrogen and oxygen atoms in total. The van der Waals surface area contributed by atoms with Crippen LogP contribution in [0.5, 0.6) is 0 Å². The third-order valence-corrected chi connectivity index (χ3v) is 7.47. The van der Waals surface area contributed by atoms with Crippen molar-refractivity contribution in [3.8, 4) is 32.4 Å². The highest BCUT2D eigenvalue weighted by Gasteiger charge is 2.26. The number of H-pyrrole nitrogens is 1. The first kappa shape index (κ1) is 22.1. The highest BCUT2D eigenvalue weighted by atomic mass is 32.2. The van der Waals surface area contributed by atoms with Crippen molar-refractivity contribution < 1.29 is 8.42 Å². The Morgan fingerprint density at radius 2 is 1.75 bits per heavy atom. The predicted molar refractivity (Wildman–Crippen MR) is 128 cm³/mol. The molecular weight excluding hydrogens is 444 g/mol. The van der Waals surface area contributed by atoms with Crippen molar-refractivity contribution in [2.24, 2.45) is 0 Å². The molecule has 3 N–H and O–H groups in total. The van der Waals surface area contributed by atoms with E-state index in [0.717, 1.165) is 21.1 Å². The average Bonchev–Trinajstić information content (AvgIpc) is 3.44. The monoisotopic (exact) mass is 468 g/mol. The van der Waals surface area contributed by atoms with Crippen LogP contribution in [0.2, 0.25) is 0 Å². The van der Waals surface area contributed by atoms with E-state index < -0.39 is 15.6 Å². The third-order valence-electron chi connectivity index (χ3n) is 4.59. The molecule has 32 heavy (non-hydrogen) atoms. The second-order valence-electron chi connectivity index (χ2n) is 8.26. The Hall–Kier alpha value is -3.08. The topological polar surface area (TPSA) is 113 Å². The van der Waals surface area contributed by atoms with Crippen molar-refractivity contribution >= 4 is 27.0 Å². The lowest BCUT2D eigenvalue weighted by Crippen LogP contribution is -2.40. The van der Waals surface area contributed by atoms with Gasteiger partial charge < -0.3 is 10.3 Å². The summed E-state index contributed by atoms with van der Waals surface area (Å²) in [6, 6.07) is 13.2. The van der Waals surface area contributed by atoms with E-state index in [1.165, 1.54) is 17.7 Å². The van der Waals surface area contributed by atoms with Crippen LogP contribution in [-0.2, 0) is 10.0 Å². The fourth-order valence-electron chi connectivity index (χ4n) is 3.21. The van der Waals surface area contributed by atoms with Crippen LogP contribution in [0.3, 0.4) is 0 Å². The van der Waals surface area contributed by atoms with E-state index in [4.69, 9.17) is 0 Å². The predicted octanol–water partition coefficient (Wildman–Crippen LogP) is 4.38. The first-order valence-corrected chi connectivity index (χ1v) is 12.2. The van der Waals surface area contributed by atoms with Crippen LogP contribution in [0.25, 0.3) is 32.4 Å². The van der Waals surface area contributed by atoms with Crippen molar-refractivity contribution in [2.75, 3.05) is 12.4 Å². The number of nitrogens with zero attached hydrogens (tertiary/aromatic N) is 3. The minimum atomic E-state index is -3.82. The molecule has 0 spiro atoms. The normalized spacial score (nSPS) is 12.1. The molecule has 4 aromatic rings. The molecule has 0 aliphatic carbocycles. The summed E-state index contributed by atoms with van der Waals surface area (Å²) in [5.41, 5.74) is 2.56. The minimum absolute atomic E-state index is 0.169. The number of thiazole rings is 1. The maximum absolute atomic E-state index is 13.3. The zero-order valence-electron chi connectivity index (χ0n) is 18.2. The zero-order valence-corrected chi connectivity index (χ0v) is 19.8. The second kappa shape index (κ2) is 8.45. The fourth-order valence-corrected chi connectivity index (χ4v) is 5.90. The van der Waals surface area contributed by atoms with Gasteiger partial charge in [0.15, 0.2) is 5.82 Å². The highest BCUT2D eigenvalue weighted by molar-refractivity contribution is 7.89. The van der Waals surface area contributed by atoms with Crippen molar-refractivity contribution in [3.63, 3.8) is 0 Å². The molecule has 10 heteroatoms. The van der Waals surface area contributed by atoms with Crippen molar-refractivity contribution in [3.05, 3.63) is 55.0 Å². The first-order valence-electron chi connectivity index (χ1n) is 9.95. The molecule has 0 aliphatic heterocycles. The lowest BCUT2D eigenvalue weighted by molar-refractivity contribution is 0.491. The van der Waals surface area contributed by atoms with Gasteiger partial charge in [-0.1, -0.05) is 12.1 Å². The van der Waals surface area contributed by atoms with Crippen molar-refractivity contribution in [1.29, 1.82) is 0 Å². The van der Waals surface area contributed by atoms with Crippen molar-refractivity contribution in [2.45, 2.75) is 31.2 Å². The largest absolute Gasteiger partial charge is 0.388 e. The Bertz CT molecular complexity index is 1320. The Morgan fingerprint density at radius 3 is 2.38 bits per heavy atom. The molecule has 0 aliphatic rings. The van der Waals surface area contributed by atoms with E-state index in [0.29, 0.717) is 17.0 Å². The van der Waals surface area contributed by atoms with Gasteiger partial charge in [-0.05, 0) is 51.1 Å². The van der Waals surface area contributed by atoms with E-state index in [1.807, 2.05) is 58.2 Å². The Balaban J connectivity index is 1.80. The van der Waals surface area contributed by atoms with Crippen LogP contribution in [-0.4, -0.2) is 41.2 Å². The van der Waals surface area contributed by atoms with E-state index in [1.54, 1.807) is 18.3 Å². The number of hydrogen-bond donors (Lipinski definition) is 3. The molecule has 0 radical (unpaired) electrons. The molecule has 166 valence electrons. The van der Waals surface area contributed by atoms with Crippen LogP contribution < -0.4 is 10.0 Å². The molecule has 0 atom stereocenters. The summed E-state index contributed by atoms with van der Waals surface area (Å²) in [7, 11) is -1.95. The van der Waals surface area contributed by atoms with Gasteiger partial charge in [-0.2, -0.15) is 0 Å². The summed E-state index contributed by atoms with van der Waals surface area (Å²) in [6.07, 6.45) is 3.17. The number of aromatic amines is 1. The van der Waals surface area contributed by atoms with Crippen LogP contribution in [0.15, 0.2) is 59.9 Å². The molecule has 0 fully saturated rings. The van der Waals surface area contributed by atoms with Crippen LogP contribution >= 0.6 is 11.3 Å². The zero-order chi connectivity index (χ0) is 22.9. The molecule has 2 aromatic carbocycles. The lowest BCUT2D eigenvalue weighted by atomic mass is 10.1. The van der Waals surface area contributed by atoms with Gasteiger partial charge in [-0.25, -0.2) is 18.1 Å². The quantitative estimate of drug-likeness (QED) is 0.387. The number of nitrogens with one attached hydrogen (secondary N) is 3. The minimum Gasteiger partial charge on any atom is -0.388 e. The maximum Gasteiger partial charge on any atom is 0.241 e. The summed E-state index contributed by atoms with van der Waals surface area (Å²) < 4.78 is 29.4. The van der Waals surface area contributed by atoms with Gasteiger partial charge in [0.25, 0.3) is 0 Å². The van der Waals surface area contributed by atoms with Gasteiger partial charge in [0.05, 0.1) is 9.77 Å². The summed E-state index contributed by atoms with van der Waals surface area (Å²) in [5, 5.41) is 11.7. The average molecular weight is 469 g/mol. The summed E-state index contributed by atoms with van der Waals surface area (Å²) in [6.45, 7) is 5.43. The van der Waals surface area contributed by atoms with E-state index in [2.05, 4.69) is 30.2 Å². The molecular formula is C22H24N6O2S2. The van der Waals surface area contributed by atoms with Gasteiger partial charge in [-0.15, -0.1) is 21.5 Å². The summed E-state index contributed by atoms with van der Waals surface area (Å²) >= 11 is 1.44. The molecule has 0 saturated carbocycles. The van der Waals surface area contributed by atoms with E-state index in [9.17, 15) is 8.42 Å². The molecule has 2 aromatic heterocycles. The standard InChI is InChI=1S/C22H24N6O2S2/c1-22(2,3)28-32(29,30)19-11-15(20-25-13-26-27-20)7-10-17(19)18-12-24-21(31-18)14-5-8-16(23-4)9-6-14/h5-13,23,28H,1-4H3,(H,25,26,27). The van der Waals surface area contributed by atoms with Gasteiger partial charge in [0.2, 0.25) is 10.0 Å². The number of aromatic nitrogens is 4. The SMILES string of the molecule is CNc1ccc(-c2ncc(-c3ccc(-c4nnc[nH]4)cc3S(=O)(=O)NC(C)(C)C)s2)cc1. The molecule has 0 unspecified atom stereocenters. The molecule has 4 rings (SSSR count). The maximum atomic E-state index is 13.3. The first-order chi connectivity index (χ1) is 15.2. The van der Waals surface area contributed by atoms with Gasteiger partial charge >= 0.3 is 0 Å². The Morgan fingerprint density at radius 1 is 1.03 bits per heavy atom. The smallest absolute Gasteiger partial charge is 0.241 e. The highest BCUT2D eigenvalue weighted by Crippen LogP contribution is 2.37. The number of anilines is 1. The molecule has 2 heterocycles. The van der Waals surface area contributed by atoms with Crippen LogP contribution in [0.1, 0.15) is 20.8 Å². The third kappa shape index (κ3) is 4.72. The lowest BCUT2D eigenvalue weighted by Gasteiger charge is -2.21. The Labute approximate surface area is 191 Å². The summed E-state index contributed by atoms with van der Waals surface area (Å²) in [5.74, 6) is 0.498. The molecule has 0 bridgehead atoms. The number of sulfonamides is 1. The number of rotatable bonds is 6.